The molecule has 1 fully saturated rings. The van der Waals surface area contributed by atoms with Crippen LogP contribution in [-0.4, -0.2) is 25.7 Å². The minimum absolute atomic E-state index is 0.537. The molecular formula is C15H23ClN2. The number of hydrogen-bond acceptors (Lipinski definition) is 2. The number of hydrogen-bond donors (Lipinski definition) is 1. The van der Waals surface area contributed by atoms with Crippen LogP contribution in [0.4, 0.5) is 5.69 Å². The Morgan fingerprint density at radius 2 is 2.06 bits per heavy atom. The molecular weight excluding hydrogens is 244 g/mol. The van der Waals surface area contributed by atoms with Crippen LogP contribution in [0.15, 0.2) is 18.2 Å². The van der Waals surface area contributed by atoms with E-state index in [1.54, 1.807) is 0 Å². The molecule has 2 nitrogen and oxygen atoms in total. The Balaban J connectivity index is 2.21. The predicted molar refractivity (Wildman–Crippen MR) is 79.6 cm³/mol. The van der Waals surface area contributed by atoms with Crippen molar-refractivity contribution < 1.29 is 0 Å². The number of nitrogens with one attached hydrogen (secondary N) is 1. The Morgan fingerprint density at radius 1 is 1.33 bits per heavy atom. The summed E-state index contributed by atoms with van der Waals surface area (Å²) >= 11 is 6.23. The van der Waals surface area contributed by atoms with Crippen molar-refractivity contribution in [2.24, 2.45) is 5.92 Å². The standard InChI is InChI=1S/C15H23ClN2/c1-10-5-6-13(9-14(10)16)18-8-7-15(17-4)11(2)12(18)3/h5-6,9,11-12,15,17H,7-8H2,1-4H3. The summed E-state index contributed by atoms with van der Waals surface area (Å²) in [5, 5.41) is 4.29. The first-order valence-electron chi connectivity index (χ1n) is 6.74. The molecule has 1 aliphatic heterocycles. The summed E-state index contributed by atoms with van der Waals surface area (Å²) in [6, 6.07) is 7.55. The summed E-state index contributed by atoms with van der Waals surface area (Å²) in [7, 11) is 2.06. The molecule has 1 aromatic carbocycles. The Kier molecular flexibility index (Phi) is 4.18. The van der Waals surface area contributed by atoms with Crippen molar-refractivity contribution in [3.8, 4) is 0 Å². The molecule has 0 amide bonds. The predicted octanol–water partition coefficient (Wildman–Crippen LogP) is 3.47. The lowest BCUT2D eigenvalue weighted by molar-refractivity contribution is 0.283. The normalized spacial score (nSPS) is 28.5. The highest BCUT2D eigenvalue weighted by molar-refractivity contribution is 6.31. The van der Waals surface area contributed by atoms with Crippen LogP contribution in [0.3, 0.4) is 0 Å². The largest absolute Gasteiger partial charge is 0.368 e. The van der Waals surface area contributed by atoms with Crippen LogP contribution in [0.5, 0.6) is 0 Å². The number of halogens is 1. The first kappa shape index (κ1) is 13.7. The van der Waals surface area contributed by atoms with Crippen LogP contribution in [0.25, 0.3) is 0 Å². The van der Waals surface area contributed by atoms with Gasteiger partial charge in [-0.3, -0.25) is 0 Å². The molecule has 3 unspecified atom stereocenters. The highest BCUT2D eigenvalue weighted by Crippen LogP contribution is 2.31. The van der Waals surface area contributed by atoms with Crippen molar-refractivity contribution in [3.63, 3.8) is 0 Å². The molecule has 1 aliphatic rings. The molecule has 3 atom stereocenters. The minimum Gasteiger partial charge on any atom is -0.368 e. The summed E-state index contributed by atoms with van der Waals surface area (Å²) in [5.41, 5.74) is 2.39. The van der Waals surface area contributed by atoms with Crippen LogP contribution in [0.1, 0.15) is 25.8 Å². The average molecular weight is 267 g/mol. The Hall–Kier alpha value is -0.730. The summed E-state index contributed by atoms with van der Waals surface area (Å²) in [6.45, 7) is 7.78. The van der Waals surface area contributed by atoms with Gasteiger partial charge in [-0.1, -0.05) is 24.6 Å². The molecule has 1 saturated heterocycles. The zero-order valence-corrected chi connectivity index (χ0v) is 12.5. The van der Waals surface area contributed by atoms with E-state index in [1.807, 2.05) is 6.92 Å². The van der Waals surface area contributed by atoms with Crippen molar-refractivity contribution in [2.45, 2.75) is 39.3 Å². The van der Waals surface area contributed by atoms with E-state index in [0.29, 0.717) is 18.0 Å². The SMILES string of the molecule is CNC1CCN(c2ccc(C)c(Cl)c2)C(C)C1C. The molecule has 2 rings (SSSR count). The van der Waals surface area contributed by atoms with Gasteiger partial charge in [-0.25, -0.2) is 0 Å². The van der Waals surface area contributed by atoms with Crippen molar-refractivity contribution in [2.75, 3.05) is 18.5 Å². The van der Waals surface area contributed by atoms with Gasteiger partial charge in [0, 0.05) is 29.3 Å². The van der Waals surface area contributed by atoms with Crippen LogP contribution >= 0.6 is 11.6 Å². The zero-order chi connectivity index (χ0) is 13.3. The molecule has 0 aliphatic carbocycles. The molecule has 1 aromatic rings. The molecule has 0 aromatic heterocycles. The molecule has 0 saturated carbocycles. The monoisotopic (exact) mass is 266 g/mol. The van der Waals surface area contributed by atoms with Gasteiger partial charge in [-0.2, -0.15) is 0 Å². The Labute approximate surface area is 115 Å². The molecule has 100 valence electrons. The lowest BCUT2D eigenvalue weighted by Crippen LogP contribution is -2.52. The molecule has 1 heterocycles. The lowest BCUT2D eigenvalue weighted by atomic mass is 9.86. The zero-order valence-electron chi connectivity index (χ0n) is 11.7. The number of nitrogens with zero attached hydrogens (tertiary/aromatic N) is 1. The fraction of sp³-hybridized carbons (Fsp3) is 0.600. The summed E-state index contributed by atoms with van der Waals surface area (Å²) in [6.07, 6.45) is 1.19. The quantitative estimate of drug-likeness (QED) is 0.882. The maximum atomic E-state index is 6.23. The Bertz CT molecular complexity index is 419. The number of benzene rings is 1. The van der Waals surface area contributed by atoms with Crippen molar-refractivity contribution in [1.29, 1.82) is 0 Å². The van der Waals surface area contributed by atoms with E-state index >= 15 is 0 Å². The smallest absolute Gasteiger partial charge is 0.0455 e. The molecule has 3 heteroatoms. The third-order valence-electron chi connectivity index (χ3n) is 4.43. The van der Waals surface area contributed by atoms with Gasteiger partial charge < -0.3 is 10.2 Å². The van der Waals surface area contributed by atoms with Crippen LogP contribution in [0, 0.1) is 12.8 Å². The highest BCUT2D eigenvalue weighted by atomic mass is 35.5. The van der Waals surface area contributed by atoms with Gasteiger partial charge in [-0.15, -0.1) is 0 Å². The maximum Gasteiger partial charge on any atom is 0.0455 e. The van der Waals surface area contributed by atoms with Crippen LogP contribution in [0.2, 0.25) is 5.02 Å². The van der Waals surface area contributed by atoms with E-state index in [-0.39, 0.29) is 0 Å². The molecule has 0 radical (unpaired) electrons. The van der Waals surface area contributed by atoms with Gasteiger partial charge in [-0.05, 0) is 50.9 Å². The summed E-state index contributed by atoms with van der Waals surface area (Å²) in [5.74, 6) is 0.642. The number of piperidine rings is 1. The van der Waals surface area contributed by atoms with E-state index in [9.17, 15) is 0 Å². The first-order valence-corrected chi connectivity index (χ1v) is 7.12. The van der Waals surface area contributed by atoms with E-state index in [4.69, 9.17) is 11.6 Å². The van der Waals surface area contributed by atoms with Gasteiger partial charge in [0.2, 0.25) is 0 Å². The average Bonchev–Trinajstić information content (AvgIpc) is 2.36. The number of rotatable bonds is 2. The Morgan fingerprint density at radius 3 is 2.67 bits per heavy atom. The molecule has 0 bridgehead atoms. The second kappa shape index (κ2) is 5.50. The van der Waals surface area contributed by atoms with Gasteiger partial charge in [0.1, 0.15) is 0 Å². The van der Waals surface area contributed by atoms with E-state index < -0.39 is 0 Å². The lowest BCUT2D eigenvalue weighted by Gasteiger charge is -2.44. The van der Waals surface area contributed by atoms with Gasteiger partial charge in [0.05, 0.1) is 0 Å². The van der Waals surface area contributed by atoms with Gasteiger partial charge >= 0.3 is 0 Å². The number of anilines is 1. The fourth-order valence-corrected chi connectivity index (χ4v) is 3.07. The topological polar surface area (TPSA) is 15.3 Å². The molecule has 1 N–H and O–H groups in total. The van der Waals surface area contributed by atoms with Crippen LogP contribution in [-0.2, 0) is 0 Å². The first-order chi connectivity index (χ1) is 8.54. The number of aryl methyl sites for hydroxylation is 1. The van der Waals surface area contributed by atoms with Crippen molar-refractivity contribution in [3.05, 3.63) is 28.8 Å². The maximum absolute atomic E-state index is 6.23. The summed E-state index contributed by atoms with van der Waals surface area (Å²) in [4.78, 5) is 2.48. The van der Waals surface area contributed by atoms with Gasteiger partial charge in [0.25, 0.3) is 0 Å². The fourth-order valence-electron chi connectivity index (χ4n) is 2.90. The minimum atomic E-state index is 0.537. The van der Waals surface area contributed by atoms with Crippen LogP contribution < -0.4 is 10.2 Å². The summed E-state index contributed by atoms with van der Waals surface area (Å²) < 4.78 is 0. The third kappa shape index (κ3) is 2.50. The second-order valence-electron chi connectivity index (χ2n) is 5.41. The second-order valence-corrected chi connectivity index (χ2v) is 5.82. The third-order valence-corrected chi connectivity index (χ3v) is 4.83. The van der Waals surface area contributed by atoms with Gasteiger partial charge in [0.15, 0.2) is 0 Å². The van der Waals surface area contributed by atoms with E-state index in [1.165, 1.54) is 12.1 Å². The van der Waals surface area contributed by atoms with E-state index in [0.717, 1.165) is 17.1 Å². The van der Waals surface area contributed by atoms with E-state index in [2.05, 4.69) is 49.3 Å². The van der Waals surface area contributed by atoms with Crippen molar-refractivity contribution >= 4 is 17.3 Å². The molecule has 18 heavy (non-hydrogen) atoms. The highest BCUT2D eigenvalue weighted by Gasteiger charge is 2.31. The van der Waals surface area contributed by atoms with Crippen molar-refractivity contribution in [1.82, 2.24) is 5.32 Å². The molecule has 0 spiro atoms.